The molecule has 0 fully saturated rings. The number of rotatable bonds is 3. The van der Waals surface area contributed by atoms with Crippen molar-refractivity contribution in [3.8, 4) is 5.75 Å². The normalized spacial score (nSPS) is 29.2. The predicted molar refractivity (Wildman–Crippen MR) is 102 cm³/mol. The minimum absolute atomic E-state index is 0.188. The van der Waals surface area contributed by atoms with Crippen molar-refractivity contribution in [2.75, 3.05) is 0 Å². The van der Waals surface area contributed by atoms with Crippen LogP contribution in [0.1, 0.15) is 34.8 Å². The number of ether oxygens (including phenoxy) is 1. The zero-order chi connectivity index (χ0) is 19.2. The van der Waals surface area contributed by atoms with Crippen molar-refractivity contribution in [2.24, 2.45) is 5.92 Å². The lowest BCUT2D eigenvalue weighted by Gasteiger charge is -2.47. The summed E-state index contributed by atoms with van der Waals surface area (Å²) in [5.41, 5.74) is 0.147. The van der Waals surface area contributed by atoms with Crippen molar-refractivity contribution in [2.45, 2.75) is 30.4 Å². The molecule has 0 heterocycles. The van der Waals surface area contributed by atoms with E-state index in [2.05, 4.69) is 0 Å². The Morgan fingerprint density at radius 2 is 1.89 bits per heavy atom. The molecular weight excluding hydrogens is 364 g/mol. The second-order valence-electron chi connectivity index (χ2n) is 7.20. The Bertz CT molecular complexity index is 948. The van der Waals surface area contributed by atoms with E-state index in [0.29, 0.717) is 17.7 Å². The largest absolute Gasteiger partial charge is 0.488 e. The summed E-state index contributed by atoms with van der Waals surface area (Å²) in [7, 11) is 0. The van der Waals surface area contributed by atoms with Gasteiger partial charge in [0.15, 0.2) is 16.4 Å². The topological polar surface area (TPSA) is 63.6 Å². The van der Waals surface area contributed by atoms with E-state index >= 15 is 0 Å². The SMILES string of the molecule is CC1(O)c2cccc(OCc3ccccc3)c2C(=O)C2(Cl)C(=O)C=CCC21. The lowest BCUT2D eigenvalue weighted by atomic mass is 9.61. The Balaban J connectivity index is 1.80. The number of Topliss-reactive ketones (excluding diaryl/α,β-unsaturated/α-hetero) is 1. The number of alkyl halides is 1. The van der Waals surface area contributed by atoms with E-state index in [9.17, 15) is 14.7 Å². The van der Waals surface area contributed by atoms with Crippen LogP contribution in [-0.4, -0.2) is 21.5 Å². The number of ketones is 2. The van der Waals surface area contributed by atoms with Gasteiger partial charge in [-0.25, -0.2) is 0 Å². The first kappa shape index (κ1) is 18.0. The summed E-state index contributed by atoms with van der Waals surface area (Å²) in [6.45, 7) is 1.87. The molecule has 4 nitrogen and oxygen atoms in total. The van der Waals surface area contributed by atoms with E-state index in [0.717, 1.165) is 5.56 Å². The highest BCUT2D eigenvalue weighted by Crippen LogP contribution is 2.53. The van der Waals surface area contributed by atoms with Gasteiger partial charge in [-0.1, -0.05) is 48.5 Å². The van der Waals surface area contributed by atoms with Crippen LogP contribution in [0.5, 0.6) is 5.75 Å². The second kappa shape index (κ2) is 6.32. The van der Waals surface area contributed by atoms with Gasteiger partial charge in [0, 0.05) is 5.92 Å². The lowest BCUT2D eigenvalue weighted by Crippen LogP contribution is -2.59. The van der Waals surface area contributed by atoms with Crippen molar-refractivity contribution in [1.82, 2.24) is 0 Å². The van der Waals surface area contributed by atoms with Gasteiger partial charge in [-0.15, -0.1) is 11.6 Å². The van der Waals surface area contributed by atoms with Crippen LogP contribution in [0.15, 0.2) is 60.7 Å². The molecule has 4 rings (SSSR count). The summed E-state index contributed by atoms with van der Waals surface area (Å²) in [6.07, 6.45) is 3.34. The van der Waals surface area contributed by atoms with Crippen molar-refractivity contribution in [3.63, 3.8) is 0 Å². The van der Waals surface area contributed by atoms with Crippen molar-refractivity contribution >= 4 is 23.2 Å². The van der Waals surface area contributed by atoms with E-state index in [1.807, 2.05) is 30.3 Å². The van der Waals surface area contributed by atoms with Crippen LogP contribution in [0.2, 0.25) is 0 Å². The summed E-state index contributed by atoms with van der Waals surface area (Å²) < 4.78 is 5.89. The van der Waals surface area contributed by atoms with Gasteiger partial charge in [0.05, 0.1) is 11.2 Å². The number of fused-ring (bicyclic) bond motifs is 2. The molecule has 138 valence electrons. The van der Waals surface area contributed by atoms with Crippen molar-refractivity contribution in [1.29, 1.82) is 0 Å². The molecule has 0 amide bonds. The van der Waals surface area contributed by atoms with Gasteiger partial charge >= 0.3 is 0 Å². The number of hydrogen-bond donors (Lipinski definition) is 1. The van der Waals surface area contributed by atoms with Crippen LogP contribution in [0.3, 0.4) is 0 Å². The van der Waals surface area contributed by atoms with Crippen LogP contribution in [0.25, 0.3) is 0 Å². The molecule has 0 saturated heterocycles. The van der Waals surface area contributed by atoms with Gasteiger partial charge in [0.25, 0.3) is 0 Å². The van der Waals surface area contributed by atoms with E-state index in [4.69, 9.17) is 16.3 Å². The number of hydrogen-bond acceptors (Lipinski definition) is 4. The summed E-state index contributed by atoms with van der Waals surface area (Å²) >= 11 is 6.61. The van der Waals surface area contributed by atoms with Crippen LogP contribution >= 0.6 is 11.6 Å². The van der Waals surface area contributed by atoms with Gasteiger partial charge in [-0.05, 0) is 36.6 Å². The maximum Gasteiger partial charge on any atom is 0.196 e. The monoisotopic (exact) mass is 382 g/mol. The highest BCUT2D eigenvalue weighted by atomic mass is 35.5. The third-order valence-electron chi connectivity index (χ3n) is 5.52. The number of carbonyl (C=O) groups is 2. The fourth-order valence-electron chi connectivity index (χ4n) is 4.07. The Kier molecular flexibility index (Phi) is 4.21. The fourth-order valence-corrected chi connectivity index (χ4v) is 4.52. The molecule has 2 aromatic rings. The average molecular weight is 383 g/mol. The van der Waals surface area contributed by atoms with Crippen LogP contribution < -0.4 is 4.74 Å². The molecule has 0 aromatic heterocycles. The first-order chi connectivity index (χ1) is 12.9. The summed E-state index contributed by atoms with van der Waals surface area (Å²) in [6, 6.07) is 14.7. The van der Waals surface area contributed by atoms with Crippen LogP contribution in [-0.2, 0) is 17.0 Å². The number of allylic oxidation sites excluding steroid dienone is 2. The number of aliphatic hydroxyl groups is 1. The van der Waals surface area contributed by atoms with E-state index < -0.39 is 28.0 Å². The van der Waals surface area contributed by atoms with Crippen molar-refractivity contribution in [3.05, 3.63) is 77.4 Å². The molecule has 27 heavy (non-hydrogen) atoms. The second-order valence-corrected chi connectivity index (χ2v) is 7.79. The Hall–Kier alpha value is -2.43. The minimum atomic E-state index is -1.81. The molecule has 0 saturated carbocycles. The van der Waals surface area contributed by atoms with Crippen LogP contribution in [0.4, 0.5) is 0 Å². The first-order valence-electron chi connectivity index (χ1n) is 8.84. The number of carbonyl (C=O) groups excluding carboxylic acids is 2. The molecule has 5 heteroatoms. The van der Waals surface area contributed by atoms with E-state index in [-0.39, 0.29) is 12.2 Å². The molecule has 2 aromatic carbocycles. The molecule has 0 spiro atoms. The van der Waals surface area contributed by atoms with Gasteiger partial charge in [0.1, 0.15) is 12.4 Å². The molecule has 2 aliphatic rings. The summed E-state index contributed by atoms with van der Waals surface area (Å²) in [5, 5.41) is 11.3. The molecule has 3 atom stereocenters. The van der Waals surface area contributed by atoms with Crippen LogP contribution in [0, 0.1) is 5.92 Å². The summed E-state index contributed by atoms with van der Waals surface area (Å²) in [4.78, 5) is 24.1. The van der Waals surface area contributed by atoms with E-state index in [1.54, 1.807) is 31.2 Å². The molecule has 2 aliphatic carbocycles. The predicted octanol–water partition coefficient (Wildman–Crippen LogP) is 3.79. The maximum absolute atomic E-state index is 13.3. The maximum atomic E-state index is 13.3. The molecular formula is C22H19ClO4. The van der Waals surface area contributed by atoms with E-state index in [1.165, 1.54) is 6.08 Å². The van der Waals surface area contributed by atoms with Crippen molar-refractivity contribution < 1.29 is 19.4 Å². The van der Waals surface area contributed by atoms with Gasteiger partial charge in [0.2, 0.25) is 0 Å². The molecule has 0 aliphatic heterocycles. The van der Waals surface area contributed by atoms with Gasteiger partial charge in [-0.3, -0.25) is 9.59 Å². The third kappa shape index (κ3) is 2.63. The third-order valence-corrected chi connectivity index (χ3v) is 6.15. The zero-order valence-electron chi connectivity index (χ0n) is 14.8. The Morgan fingerprint density at radius 1 is 1.15 bits per heavy atom. The quantitative estimate of drug-likeness (QED) is 0.648. The highest BCUT2D eigenvalue weighted by molar-refractivity contribution is 6.51. The zero-order valence-corrected chi connectivity index (χ0v) is 15.6. The number of halogens is 1. The highest BCUT2D eigenvalue weighted by Gasteiger charge is 2.62. The van der Waals surface area contributed by atoms with Gasteiger partial charge in [-0.2, -0.15) is 0 Å². The molecule has 1 N–H and O–H groups in total. The number of benzene rings is 2. The smallest absolute Gasteiger partial charge is 0.196 e. The Morgan fingerprint density at radius 3 is 2.63 bits per heavy atom. The first-order valence-corrected chi connectivity index (χ1v) is 9.22. The summed E-state index contributed by atoms with van der Waals surface area (Å²) in [5.74, 6) is -1.40. The molecule has 0 radical (unpaired) electrons. The Labute approximate surface area is 162 Å². The molecule has 0 bridgehead atoms. The van der Waals surface area contributed by atoms with Gasteiger partial charge < -0.3 is 9.84 Å². The molecule has 3 unspecified atom stereocenters. The average Bonchev–Trinajstić information content (AvgIpc) is 2.67. The fraction of sp³-hybridized carbons (Fsp3) is 0.273. The standard InChI is InChI=1S/C22H19ClO4/c1-21(26)15-9-5-10-16(27-13-14-7-3-2-4-8-14)19(15)20(25)22(23)17(21)11-6-12-18(22)24/h2-10,12,17,26H,11,13H2,1H3. The minimum Gasteiger partial charge on any atom is -0.488 e. The lowest BCUT2D eigenvalue weighted by molar-refractivity contribution is -0.122.